The summed E-state index contributed by atoms with van der Waals surface area (Å²) in [5.74, 6) is 1.20. The molecule has 0 atom stereocenters. The number of carbonyl (C=O) groups excluding carboxylic acids is 1. The lowest BCUT2D eigenvalue weighted by Gasteiger charge is -1.98. The van der Waals surface area contributed by atoms with Crippen LogP contribution >= 0.6 is 34.9 Å². The van der Waals surface area contributed by atoms with Gasteiger partial charge in [-0.25, -0.2) is 0 Å². The van der Waals surface area contributed by atoms with Gasteiger partial charge in [-0.2, -0.15) is 11.8 Å². The zero-order chi connectivity index (χ0) is 10.4. The number of aromatic nitrogens is 2. The number of halogens is 1. The zero-order valence-electron chi connectivity index (χ0n) is 7.53. The van der Waals surface area contributed by atoms with Gasteiger partial charge in [-0.05, 0) is 0 Å². The van der Waals surface area contributed by atoms with Crippen molar-refractivity contribution in [3.8, 4) is 0 Å². The summed E-state index contributed by atoms with van der Waals surface area (Å²) in [7, 11) is 1.38. The fraction of sp³-hybridized carbons (Fsp3) is 0.571. The number of carbonyl (C=O) groups is 1. The van der Waals surface area contributed by atoms with Gasteiger partial charge in [-0.15, -0.1) is 5.10 Å². The van der Waals surface area contributed by atoms with Gasteiger partial charge in [-0.1, -0.05) is 16.1 Å². The molecule has 0 aliphatic heterocycles. The third kappa shape index (κ3) is 3.81. The first-order valence-electron chi connectivity index (χ1n) is 3.85. The van der Waals surface area contributed by atoms with Crippen molar-refractivity contribution in [1.82, 2.24) is 9.59 Å². The van der Waals surface area contributed by atoms with Crippen molar-refractivity contribution in [3.63, 3.8) is 0 Å². The van der Waals surface area contributed by atoms with E-state index in [1.54, 1.807) is 11.8 Å². The van der Waals surface area contributed by atoms with E-state index in [0.29, 0.717) is 22.3 Å². The highest BCUT2D eigenvalue weighted by atomic mass is 35.5. The highest BCUT2D eigenvalue weighted by Gasteiger charge is 2.06. The van der Waals surface area contributed by atoms with Crippen LogP contribution in [0.2, 0.25) is 4.34 Å². The molecule has 7 heteroatoms. The van der Waals surface area contributed by atoms with Gasteiger partial charge in [0.05, 0.1) is 13.5 Å². The molecule has 0 saturated carbocycles. The van der Waals surface area contributed by atoms with E-state index >= 15 is 0 Å². The summed E-state index contributed by atoms with van der Waals surface area (Å²) in [5.41, 5.74) is 0.784. The Labute approximate surface area is 95.1 Å². The lowest BCUT2D eigenvalue weighted by molar-refractivity contribution is -0.140. The Morgan fingerprint density at radius 3 is 3.07 bits per heavy atom. The summed E-state index contributed by atoms with van der Waals surface area (Å²) >= 11 is 8.56. The van der Waals surface area contributed by atoms with Crippen molar-refractivity contribution in [2.45, 2.75) is 12.2 Å². The van der Waals surface area contributed by atoms with Crippen LogP contribution in [0.4, 0.5) is 0 Å². The number of esters is 1. The van der Waals surface area contributed by atoms with E-state index in [9.17, 15) is 4.79 Å². The molecule has 0 radical (unpaired) electrons. The average molecular weight is 253 g/mol. The highest BCUT2D eigenvalue weighted by molar-refractivity contribution is 7.98. The molecular weight excluding hydrogens is 244 g/mol. The molecule has 0 spiro atoms. The minimum Gasteiger partial charge on any atom is -0.469 e. The Morgan fingerprint density at radius 1 is 1.71 bits per heavy atom. The first-order chi connectivity index (χ1) is 6.74. The topological polar surface area (TPSA) is 52.1 Å². The smallest absolute Gasteiger partial charge is 0.306 e. The number of hydrogen-bond donors (Lipinski definition) is 0. The Morgan fingerprint density at radius 2 is 2.50 bits per heavy atom. The van der Waals surface area contributed by atoms with Crippen LogP contribution in [0.5, 0.6) is 0 Å². The Kier molecular flexibility index (Phi) is 5.21. The van der Waals surface area contributed by atoms with Crippen molar-refractivity contribution in [1.29, 1.82) is 0 Å². The summed E-state index contributed by atoms with van der Waals surface area (Å²) < 4.78 is 8.83. The number of thioether (sulfide) groups is 1. The van der Waals surface area contributed by atoms with Crippen LogP contribution in [0.15, 0.2) is 0 Å². The van der Waals surface area contributed by atoms with Crippen LogP contribution in [-0.4, -0.2) is 28.4 Å². The molecular formula is C7H9ClN2O2S2. The summed E-state index contributed by atoms with van der Waals surface area (Å²) in [6.07, 6.45) is 0.413. The van der Waals surface area contributed by atoms with Crippen molar-refractivity contribution in [3.05, 3.63) is 10.0 Å². The Balaban J connectivity index is 2.16. The van der Waals surface area contributed by atoms with Crippen LogP contribution in [0.3, 0.4) is 0 Å². The summed E-state index contributed by atoms with van der Waals surface area (Å²) in [6, 6.07) is 0. The quantitative estimate of drug-likeness (QED) is 0.593. The number of methoxy groups -OCH3 is 1. The first-order valence-corrected chi connectivity index (χ1v) is 6.16. The van der Waals surface area contributed by atoms with Crippen molar-refractivity contribution >= 4 is 40.9 Å². The van der Waals surface area contributed by atoms with Gasteiger partial charge in [0.1, 0.15) is 10.0 Å². The monoisotopic (exact) mass is 252 g/mol. The van der Waals surface area contributed by atoms with Gasteiger partial charge < -0.3 is 4.74 Å². The van der Waals surface area contributed by atoms with E-state index in [2.05, 4.69) is 14.3 Å². The van der Waals surface area contributed by atoms with Crippen molar-refractivity contribution < 1.29 is 9.53 Å². The third-order valence-electron chi connectivity index (χ3n) is 1.43. The SMILES string of the molecule is COC(=O)CCSCc1nnsc1Cl. The van der Waals surface area contributed by atoms with Gasteiger partial charge in [0.25, 0.3) is 0 Å². The minimum atomic E-state index is -0.194. The molecule has 0 aliphatic carbocycles. The molecule has 0 fully saturated rings. The van der Waals surface area contributed by atoms with Crippen LogP contribution in [0.25, 0.3) is 0 Å². The zero-order valence-corrected chi connectivity index (χ0v) is 9.92. The average Bonchev–Trinajstić information content (AvgIpc) is 2.58. The normalized spacial score (nSPS) is 10.1. The van der Waals surface area contributed by atoms with Crippen LogP contribution in [-0.2, 0) is 15.3 Å². The van der Waals surface area contributed by atoms with E-state index in [1.807, 2.05) is 0 Å². The molecule has 0 aliphatic rings. The molecule has 0 N–H and O–H groups in total. The second-order valence-corrected chi connectivity index (χ2v) is 4.83. The van der Waals surface area contributed by atoms with E-state index in [1.165, 1.54) is 18.6 Å². The van der Waals surface area contributed by atoms with Gasteiger partial charge in [0.2, 0.25) is 0 Å². The fourth-order valence-corrected chi connectivity index (χ4v) is 2.36. The summed E-state index contributed by atoms with van der Waals surface area (Å²) in [6.45, 7) is 0. The number of rotatable bonds is 5. The number of ether oxygens (including phenoxy) is 1. The lowest BCUT2D eigenvalue weighted by atomic mass is 10.5. The number of hydrogen-bond acceptors (Lipinski definition) is 6. The highest BCUT2D eigenvalue weighted by Crippen LogP contribution is 2.22. The minimum absolute atomic E-state index is 0.194. The van der Waals surface area contributed by atoms with E-state index in [0.717, 1.165) is 5.69 Å². The maximum atomic E-state index is 10.8. The van der Waals surface area contributed by atoms with Gasteiger partial charge in [0, 0.05) is 23.0 Å². The molecule has 0 bridgehead atoms. The molecule has 0 aromatic carbocycles. The van der Waals surface area contributed by atoms with Crippen LogP contribution in [0.1, 0.15) is 12.1 Å². The molecule has 78 valence electrons. The van der Waals surface area contributed by atoms with Crippen LogP contribution < -0.4 is 0 Å². The molecule has 1 aromatic heterocycles. The van der Waals surface area contributed by atoms with Crippen molar-refractivity contribution in [2.24, 2.45) is 0 Å². The summed E-state index contributed by atoms with van der Waals surface area (Å²) in [5, 5.41) is 3.85. The van der Waals surface area contributed by atoms with Crippen LogP contribution in [0, 0.1) is 0 Å². The molecule has 4 nitrogen and oxygen atoms in total. The first kappa shape index (κ1) is 11.7. The molecule has 1 rings (SSSR count). The Bertz CT molecular complexity index is 306. The van der Waals surface area contributed by atoms with Gasteiger partial charge in [0.15, 0.2) is 0 Å². The largest absolute Gasteiger partial charge is 0.469 e. The second-order valence-electron chi connectivity index (χ2n) is 2.37. The predicted octanol–water partition coefficient (Wildman–Crippen LogP) is 1.99. The molecule has 1 heterocycles. The van der Waals surface area contributed by atoms with Crippen molar-refractivity contribution in [2.75, 3.05) is 12.9 Å². The summed E-state index contributed by atoms with van der Waals surface area (Å²) in [4.78, 5) is 10.8. The predicted molar refractivity (Wildman–Crippen MR) is 57.7 cm³/mol. The maximum Gasteiger partial charge on any atom is 0.306 e. The molecule has 14 heavy (non-hydrogen) atoms. The second kappa shape index (κ2) is 6.21. The fourth-order valence-electron chi connectivity index (χ4n) is 0.710. The van der Waals surface area contributed by atoms with Gasteiger partial charge in [-0.3, -0.25) is 4.79 Å². The number of nitrogens with zero attached hydrogens (tertiary/aromatic N) is 2. The van der Waals surface area contributed by atoms with Gasteiger partial charge >= 0.3 is 5.97 Å². The maximum absolute atomic E-state index is 10.8. The molecule has 0 saturated heterocycles. The molecule has 0 unspecified atom stereocenters. The van der Waals surface area contributed by atoms with E-state index in [-0.39, 0.29) is 5.97 Å². The Hall–Kier alpha value is -0.330. The lowest BCUT2D eigenvalue weighted by Crippen LogP contribution is -2.01. The molecule has 1 aromatic rings. The van der Waals surface area contributed by atoms with E-state index in [4.69, 9.17) is 11.6 Å². The van der Waals surface area contributed by atoms with E-state index < -0.39 is 0 Å². The third-order valence-corrected chi connectivity index (χ3v) is 3.38. The standard InChI is InChI=1S/C7H9ClN2O2S2/c1-12-6(11)2-3-13-4-5-7(8)14-10-9-5/h2-4H2,1H3. The molecule has 0 amide bonds.